The molecule has 0 saturated heterocycles. The van der Waals surface area contributed by atoms with Crippen LogP contribution in [0.25, 0.3) is 0 Å². The van der Waals surface area contributed by atoms with Gasteiger partial charge in [0.05, 0.1) is 6.10 Å². The number of halogens is 3. The van der Waals surface area contributed by atoms with Crippen molar-refractivity contribution < 1.29 is 14.2 Å². The summed E-state index contributed by atoms with van der Waals surface area (Å²) in [5, 5.41) is 11.0. The van der Waals surface area contributed by atoms with Gasteiger partial charge in [-0.05, 0) is 30.3 Å². The lowest BCUT2D eigenvalue weighted by Crippen LogP contribution is -2.20. The minimum Gasteiger partial charge on any atom is -0.485 e. The molecule has 1 aliphatic rings. The molecule has 1 heterocycles. The Morgan fingerprint density at radius 3 is 2.50 bits per heavy atom. The highest BCUT2D eigenvalue weighted by atomic mass is 35.5. The quantitative estimate of drug-likeness (QED) is 0.827. The summed E-state index contributed by atoms with van der Waals surface area (Å²) in [5.41, 5.74) is 1.01. The standard InChI is InChI=1S/C15H11Cl2FO2/c16-8-2-4-14-11(5-8)13(19)7-15(20-14)10-3-1-9(17)6-12(10)18/h1-6,13,15,19H,7H2. The van der Waals surface area contributed by atoms with Gasteiger partial charge in [0.1, 0.15) is 17.7 Å². The average Bonchev–Trinajstić information content (AvgIpc) is 2.39. The molecule has 0 radical (unpaired) electrons. The molecule has 0 spiro atoms. The molecular formula is C15H11Cl2FO2. The molecule has 2 unspecified atom stereocenters. The van der Waals surface area contributed by atoms with Crippen molar-refractivity contribution in [2.75, 3.05) is 0 Å². The molecule has 104 valence electrons. The third kappa shape index (κ3) is 2.49. The van der Waals surface area contributed by atoms with E-state index >= 15 is 0 Å². The van der Waals surface area contributed by atoms with Gasteiger partial charge in [0.15, 0.2) is 0 Å². The van der Waals surface area contributed by atoms with E-state index in [9.17, 15) is 9.50 Å². The lowest BCUT2D eigenvalue weighted by atomic mass is 9.95. The number of aliphatic hydroxyl groups excluding tert-OH is 1. The molecule has 0 bridgehead atoms. The Bertz CT molecular complexity index is 660. The molecule has 2 atom stereocenters. The van der Waals surface area contributed by atoms with Crippen LogP contribution in [-0.4, -0.2) is 5.11 Å². The van der Waals surface area contributed by atoms with Crippen LogP contribution in [0.2, 0.25) is 10.0 Å². The molecule has 2 aromatic rings. The zero-order valence-corrected chi connectivity index (χ0v) is 11.8. The van der Waals surface area contributed by atoms with E-state index in [0.29, 0.717) is 26.9 Å². The van der Waals surface area contributed by atoms with Crippen LogP contribution in [-0.2, 0) is 0 Å². The summed E-state index contributed by atoms with van der Waals surface area (Å²) in [6, 6.07) is 9.44. The summed E-state index contributed by atoms with van der Waals surface area (Å²) in [6.07, 6.45) is -1.01. The van der Waals surface area contributed by atoms with Gasteiger partial charge >= 0.3 is 0 Å². The Hall–Kier alpha value is -1.29. The Morgan fingerprint density at radius 2 is 1.75 bits per heavy atom. The molecule has 5 heteroatoms. The molecule has 1 aliphatic heterocycles. The Kier molecular flexibility index (Phi) is 3.59. The monoisotopic (exact) mass is 312 g/mol. The van der Waals surface area contributed by atoms with Crippen molar-refractivity contribution in [3.63, 3.8) is 0 Å². The summed E-state index contributed by atoms with van der Waals surface area (Å²) in [4.78, 5) is 0. The van der Waals surface area contributed by atoms with Crippen LogP contribution in [0.15, 0.2) is 36.4 Å². The molecule has 2 nitrogen and oxygen atoms in total. The number of benzene rings is 2. The summed E-state index contributed by atoms with van der Waals surface area (Å²) in [7, 11) is 0. The second-order valence-corrected chi connectivity index (χ2v) is 5.58. The normalized spacial score (nSPS) is 21.2. The number of hydrogen-bond acceptors (Lipinski definition) is 2. The highest BCUT2D eigenvalue weighted by Crippen LogP contribution is 2.42. The van der Waals surface area contributed by atoms with Gasteiger partial charge in [-0.1, -0.05) is 29.3 Å². The summed E-state index contributed by atoms with van der Waals surface area (Å²) >= 11 is 11.6. The maximum Gasteiger partial charge on any atom is 0.131 e. The molecule has 0 amide bonds. The van der Waals surface area contributed by atoms with E-state index in [1.807, 2.05) is 0 Å². The number of ether oxygens (including phenoxy) is 1. The van der Waals surface area contributed by atoms with E-state index in [1.54, 1.807) is 30.3 Å². The number of rotatable bonds is 1. The van der Waals surface area contributed by atoms with Gasteiger partial charge in [-0.3, -0.25) is 0 Å². The third-order valence-corrected chi connectivity index (χ3v) is 3.82. The van der Waals surface area contributed by atoms with Gasteiger partial charge in [-0.15, -0.1) is 0 Å². The first-order valence-electron chi connectivity index (χ1n) is 6.13. The molecule has 3 rings (SSSR count). The molecule has 20 heavy (non-hydrogen) atoms. The zero-order chi connectivity index (χ0) is 14.3. The van der Waals surface area contributed by atoms with Gasteiger partial charge < -0.3 is 9.84 Å². The number of fused-ring (bicyclic) bond motifs is 1. The molecule has 2 aromatic carbocycles. The predicted molar refractivity (Wildman–Crippen MR) is 75.8 cm³/mol. The van der Waals surface area contributed by atoms with Crippen molar-refractivity contribution in [3.8, 4) is 5.75 Å². The third-order valence-electron chi connectivity index (χ3n) is 3.35. The zero-order valence-electron chi connectivity index (χ0n) is 10.3. The van der Waals surface area contributed by atoms with Crippen LogP contribution in [0.1, 0.15) is 29.8 Å². The van der Waals surface area contributed by atoms with Crippen LogP contribution in [0.5, 0.6) is 5.75 Å². The number of aliphatic hydroxyl groups is 1. The Balaban J connectivity index is 1.97. The maximum atomic E-state index is 13.9. The fourth-order valence-corrected chi connectivity index (χ4v) is 2.71. The lowest BCUT2D eigenvalue weighted by molar-refractivity contribution is 0.0640. The van der Waals surface area contributed by atoms with Gasteiger partial charge in [-0.2, -0.15) is 0 Å². The minimum atomic E-state index is -0.738. The first kappa shape index (κ1) is 13.7. The van der Waals surface area contributed by atoms with E-state index in [4.69, 9.17) is 27.9 Å². The van der Waals surface area contributed by atoms with E-state index in [-0.39, 0.29) is 6.42 Å². The van der Waals surface area contributed by atoms with E-state index in [1.165, 1.54) is 6.07 Å². The molecule has 0 saturated carbocycles. The highest BCUT2D eigenvalue weighted by molar-refractivity contribution is 6.30. The van der Waals surface area contributed by atoms with Crippen LogP contribution >= 0.6 is 23.2 Å². The predicted octanol–water partition coefficient (Wildman–Crippen LogP) is 4.69. The topological polar surface area (TPSA) is 29.5 Å². The minimum absolute atomic E-state index is 0.270. The Morgan fingerprint density at radius 1 is 1.05 bits per heavy atom. The van der Waals surface area contributed by atoms with Crippen molar-refractivity contribution >= 4 is 23.2 Å². The van der Waals surface area contributed by atoms with Crippen LogP contribution in [0.4, 0.5) is 4.39 Å². The highest BCUT2D eigenvalue weighted by Gasteiger charge is 2.29. The summed E-state index contributed by atoms with van der Waals surface area (Å²) in [6.45, 7) is 0. The largest absolute Gasteiger partial charge is 0.485 e. The first-order valence-corrected chi connectivity index (χ1v) is 6.89. The van der Waals surface area contributed by atoms with Gasteiger partial charge in [0.25, 0.3) is 0 Å². The summed E-state index contributed by atoms with van der Waals surface area (Å²) < 4.78 is 19.7. The fourth-order valence-electron chi connectivity index (χ4n) is 2.37. The van der Waals surface area contributed by atoms with Crippen LogP contribution in [0, 0.1) is 5.82 Å². The van der Waals surface area contributed by atoms with Gasteiger partial charge in [0, 0.05) is 27.6 Å². The van der Waals surface area contributed by atoms with Crippen molar-refractivity contribution in [2.24, 2.45) is 0 Å². The van der Waals surface area contributed by atoms with Crippen molar-refractivity contribution in [1.82, 2.24) is 0 Å². The molecule has 1 N–H and O–H groups in total. The number of hydrogen-bond donors (Lipinski definition) is 1. The Labute approximate surface area is 125 Å². The van der Waals surface area contributed by atoms with E-state index < -0.39 is 18.0 Å². The fraction of sp³-hybridized carbons (Fsp3) is 0.200. The summed E-state index contributed by atoms with van der Waals surface area (Å²) in [5.74, 6) is 0.0830. The second-order valence-electron chi connectivity index (χ2n) is 4.71. The van der Waals surface area contributed by atoms with Gasteiger partial charge in [0.2, 0.25) is 0 Å². The smallest absolute Gasteiger partial charge is 0.131 e. The van der Waals surface area contributed by atoms with Crippen molar-refractivity contribution in [3.05, 3.63) is 63.4 Å². The first-order chi connectivity index (χ1) is 9.54. The van der Waals surface area contributed by atoms with Crippen LogP contribution < -0.4 is 4.74 Å². The molecular weight excluding hydrogens is 302 g/mol. The molecule has 0 aliphatic carbocycles. The maximum absolute atomic E-state index is 13.9. The van der Waals surface area contributed by atoms with E-state index in [0.717, 1.165) is 0 Å². The molecule has 0 fully saturated rings. The second kappa shape index (κ2) is 5.24. The SMILES string of the molecule is OC1CC(c2ccc(Cl)cc2F)Oc2ccc(Cl)cc21. The average molecular weight is 313 g/mol. The van der Waals surface area contributed by atoms with Crippen LogP contribution in [0.3, 0.4) is 0 Å². The van der Waals surface area contributed by atoms with E-state index in [2.05, 4.69) is 0 Å². The lowest BCUT2D eigenvalue weighted by Gasteiger charge is -2.30. The van der Waals surface area contributed by atoms with Gasteiger partial charge in [-0.25, -0.2) is 4.39 Å². The van der Waals surface area contributed by atoms with Crippen molar-refractivity contribution in [2.45, 2.75) is 18.6 Å². The van der Waals surface area contributed by atoms with Crippen molar-refractivity contribution in [1.29, 1.82) is 0 Å². The molecule has 0 aromatic heterocycles.